The molecule has 0 N–H and O–H groups in total. The van der Waals surface area contributed by atoms with Gasteiger partial charge in [-0.1, -0.05) is 11.6 Å². The smallest absolute Gasteiger partial charge is 0.323 e. The Morgan fingerprint density at radius 1 is 1.10 bits per heavy atom. The maximum absolute atomic E-state index is 8.81. The van der Waals surface area contributed by atoms with E-state index in [1.807, 2.05) is 12.1 Å². The lowest BCUT2D eigenvalue weighted by Gasteiger charge is -2.07. The highest BCUT2D eigenvalue weighted by atomic mass is 35.5. The second-order valence-electron chi connectivity index (χ2n) is 3.88. The number of rotatable bonds is 2. The van der Waals surface area contributed by atoms with Gasteiger partial charge in [-0.05, 0) is 30.3 Å². The van der Waals surface area contributed by atoms with Gasteiger partial charge in [0.2, 0.25) is 0 Å². The Hall–Kier alpha value is -2.71. The number of nitriles is 1. The van der Waals surface area contributed by atoms with Crippen LogP contribution in [0.1, 0.15) is 5.69 Å². The third kappa shape index (κ3) is 2.25. The molecule has 0 aliphatic heterocycles. The van der Waals surface area contributed by atoms with Gasteiger partial charge in [0.1, 0.15) is 17.3 Å². The van der Waals surface area contributed by atoms with E-state index in [9.17, 15) is 0 Å². The molecule has 2 aromatic heterocycles. The second-order valence-corrected chi connectivity index (χ2v) is 4.29. The summed E-state index contributed by atoms with van der Waals surface area (Å²) in [4.78, 5) is 12.2. The first-order valence-electron chi connectivity index (χ1n) is 5.72. The second kappa shape index (κ2) is 5.11. The SMILES string of the molecule is N#Cc1ccnc(Oc2ccc(Cl)c3cccnc23)n1. The molecule has 0 aliphatic carbocycles. The number of ether oxygens (including phenoxy) is 1. The van der Waals surface area contributed by atoms with Crippen LogP contribution in [0.25, 0.3) is 10.9 Å². The van der Waals surface area contributed by atoms with Crippen LogP contribution in [0.15, 0.2) is 42.7 Å². The minimum absolute atomic E-state index is 0.0957. The lowest BCUT2D eigenvalue weighted by molar-refractivity contribution is 0.445. The van der Waals surface area contributed by atoms with Gasteiger partial charge < -0.3 is 4.74 Å². The highest BCUT2D eigenvalue weighted by Crippen LogP contribution is 2.31. The van der Waals surface area contributed by atoms with Crippen molar-refractivity contribution in [3.8, 4) is 17.8 Å². The van der Waals surface area contributed by atoms with Crippen LogP contribution in [0.4, 0.5) is 0 Å². The molecule has 0 atom stereocenters. The minimum Gasteiger partial charge on any atom is -0.422 e. The first-order valence-corrected chi connectivity index (χ1v) is 6.10. The average molecular weight is 283 g/mol. The van der Waals surface area contributed by atoms with Crippen LogP contribution >= 0.6 is 11.6 Å². The molecule has 1 aromatic carbocycles. The Labute approximate surface area is 119 Å². The first-order chi connectivity index (χ1) is 9.78. The van der Waals surface area contributed by atoms with Crippen molar-refractivity contribution in [2.45, 2.75) is 0 Å². The Kier molecular flexibility index (Phi) is 3.15. The van der Waals surface area contributed by atoms with E-state index in [4.69, 9.17) is 21.6 Å². The van der Waals surface area contributed by atoms with E-state index in [1.54, 1.807) is 24.4 Å². The van der Waals surface area contributed by atoms with Crippen molar-refractivity contribution >= 4 is 22.5 Å². The molecule has 0 unspecified atom stereocenters. The molecule has 3 rings (SSSR count). The van der Waals surface area contributed by atoms with Crippen LogP contribution in [0.2, 0.25) is 5.02 Å². The number of aromatic nitrogens is 3. The van der Waals surface area contributed by atoms with Crippen LogP contribution in [0.5, 0.6) is 11.8 Å². The number of fused-ring (bicyclic) bond motifs is 1. The van der Waals surface area contributed by atoms with Gasteiger partial charge in [0.05, 0.1) is 5.02 Å². The minimum atomic E-state index is 0.0957. The molecule has 0 amide bonds. The summed E-state index contributed by atoms with van der Waals surface area (Å²) in [6.07, 6.45) is 3.12. The van der Waals surface area contributed by atoms with Gasteiger partial charge in [0.25, 0.3) is 0 Å². The summed E-state index contributed by atoms with van der Waals surface area (Å²) >= 11 is 6.11. The van der Waals surface area contributed by atoms with Crippen LogP contribution in [-0.4, -0.2) is 15.0 Å². The largest absolute Gasteiger partial charge is 0.422 e. The zero-order valence-corrected chi connectivity index (χ0v) is 10.9. The van der Waals surface area contributed by atoms with Crippen molar-refractivity contribution in [3.05, 3.63) is 53.4 Å². The lowest BCUT2D eigenvalue weighted by Crippen LogP contribution is -1.95. The van der Waals surface area contributed by atoms with Gasteiger partial charge in [0.15, 0.2) is 5.75 Å². The summed E-state index contributed by atoms with van der Waals surface area (Å²) in [5.41, 5.74) is 0.854. The summed E-state index contributed by atoms with van der Waals surface area (Å²) in [5, 5.41) is 10.2. The summed E-state index contributed by atoms with van der Waals surface area (Å²) < 4.78 is 5.59. The van der Waals surface area contributed by atoms with Crippen molar-refractivity contribution in [1.82, 2.24) is 15.0 Å². The Bertz CT molecular complexity index is 829. The normalized spacial score (nSPS) is 10.2. The molecule has 2 heterocycles. The third-order valence-corrected chi connectivity index (χ3v) is 2.96. The Balaban J connectivity index is 2.07. The molecule has 6 heteroatoms. The monoisotopic (exact) mass is 282 g/mol. The van der Waals surface area contributed by atoms with Gasteiger partial charge in [-0.2, -0.15) is 10.2 Å². The fourth-order valence-electron chi connectivity index (χ4n) is 1.74. The highest BCUT2D eigenvalue weighted by molar-refractivity contribution is 6.35. The summed E-state index contributed by atoms with van der Waals surface area (Å²) in [5.74, 6) is 0.486. The molecule has 0 saturated carbocycles. The van der Waals surface area contributed by atoms with Gasteiger partial charge in [-0.15, -0.1) is 0 Å². The number of halogens is 1. The summed E-state index contributed by atoms with van der Waals surface area (Å²) in [6.45, 7) is 0. The van der Waals surface area contributed by atoms with Gasteiger partial charge >= 0.3 is 6.01 Å². The molecule has 0 fully saturated rings. The quantitative estimate of drug-likeness (QED) is 0.721. The van der Waals surface area contributed by atoms with E-state index in [-0.39, 0.29) is 11.7 Å². The number of hydrogen-bond acceptors (Lipinski definition) is 5. The number of benzene rings is 1. The zero-order chi connectivity index (χ0) is 13.9. The van der Waals surface area contributed by atoms with E-state index < -0.39 is 0 Å². The van der Waals surface area contributed by atoms with Gasteiger partial charge in [-0.25, -0.2) is 4.98 Å². The number of hydrogen-bond donors (Lipinski definition) is 0. The lowest BCUT2D eigenvalue weighted by atomic mass is 10.2. The molecule has 5 nitrogen and oxygen atoms in total. The molecule has 0 bridgehead atoms. The van der Waals surface area contributed by atoms with Crippen molar-refractivity contribution in [2.75, 3.05) is 0 Å². The van der Waals surface area contributed by atoms with E-state index in [0.717, 1.165) is 5.39 Å². The van der Waals surface area contributed by atoms with Crippen molar-refractivity contribution < 1.29 is 4.74 Å². The standard InChI is InChI=1S/C14H7ClN4O/c15-11-3-4-12(13-10(11)2-1-6-17-13)20-14-18-7-5-9(8-16)19-14/h1-7H. The maximum Gasteiger partial charge on any atom is 0.323 e. The number of pyridine rings is 1. The van der Waals surface area contributed by atoms with Crippen LogP contribution in [0.3, 0.4) is 0 Å². The Morgan fingerprint density at radius 3 is 2.85 bits per heavy atom. The van der Waals surface area contributed by atoms with Gasteiger partial charge in [0, 0.05) is 17.8 Å². The van der Waals surface area contributed by atoms with E-state index in [2.05, 4.69) is 15.0 Å². The van der Waals surface area contributed by atoms with E-state index >= 15 is 0 Å². The third-order valence-electron chi connectivity index (χ3n) is 2.63. The molecular weight excluding hydrogens is 276 g/mol. The van der Waals surface area contributed by atoms with Crippen molar-refractivity contribution in [3.63, 3.8) is 0 Å². The molecular formula is C14H7ClN4O. The topological polar surface area (TPSA) is 71.7 Å². The molecule has 96 valence electrons. The fraction of sp³-hybridized carbons (Fsp3) is 0. The molecule has 3 aromatic rings. The predicted octanol–water partition coefficient (Wildman–Crippen LogP) is 3.34. The van der Waals surface area contributed by atoms with Crippen LogP contribution < -0.4 is 4.74 Å². The maximum atomic E-state index is 8.81. The van der Waals surface area contributed by atoms with Crippen molar-refractivity contribution in [1.29, 1.82) is 5.26 Å². The molecule has 0 aliphatic rings. The molecule has 0 saturated heterocycles. The molecule has 0 spiro atoms. The zero-order valence-electron chi connectivity index (χ0n) is 10.1. The number of nitrogens with zero attached hydrogens (tertiary/aromatic N) is 4. The van der Waals surface area contributed by atoms with Crippen LogP contribution in [-0.2, 0) is 0 Å². The van der Waals surface area contributed by atoms with E-state index in [1.165, 1.54) is 12.3 Å². The van der Waals surface area contributed by atoms with Crippen LogP contribution in [0, 0.1) is 11.3 Å². The first kappa shape index (κ1) is 12.3. The van der Waals surface area contributed by atoms with E-state index in [0.29, 0.717) is 16.3 Å². The summed E-state index contributed by atoms with van der Waals surface area (Å²) in [6, 6.07) is 10.6. The average Bonchev–Trinajstić information content (AvgIpc) is 2.51. The molecule has 0 radical (unpaired) electrons. The summed E-state index contributed by atoms with van der Waals surface area (Å²) in [7, 11) is 0. The van der Waals surface area contributed by atoms with Gasteiger partial charge in [-0.3, -0.25) is 4.98 Å². The molecule has 20 heavy (non-hydrogen) atoms. The van der Waals surface area contributed by atoms with Crippen molar-refractivity contribution in [2.24, 2.45) is 0 Å². The fourth-order valence-corrected chi connectivity index (χ4v) is 1.96. The highest BCUT2D eigenvalue weighted by Gasteiger charge is 2.09. The Morgan fingerprint density at radius 2 is 2.00 bits per heavy atom. The predicted molar refractivity (Wildman–Crippen MR) is 73.6 cm³/mol.